The van der Waals surface area contributed by atoms with Gasteiger partial charge in [0, 0.05) is 4.47 Å². The van der Waals surface area contributed by atoms with Crippen LogP contribution in [0.25, 0.3) is 0 Å². The molecule has 0 aliphatic heterocycles. The third-order valence-electron chi connectivity index (χ3n) is 2.27. The van der Waals surface area contributed by atoms with E-state index < -0.39 is 17.1 Å². The highest BCUT2D eigenvalue weighted by molar-refractivity contribution is 9.10. The van der Waals surface area contributed by atoms with Crippen LogP contribution in [-0.4, -0.2) is 11.6 Å². The molecule has 94 valence electrons. The first-order valence-corrected chi connectivity index (χ1v) is 6.20. The van der Waals surface area contributed by atoms with Crippen molar-refractivity contribution < 1.29 is 9.53 Å². The van der Waals surface area contributed by atoms with Gasteiger partial charge in [-0.05, 0) is 45.4 Å². The van der Waals surface area contributed by atoms with Crippen LogP contribution >= 0.6 is 15.9 Å². The summed E-state index contributed by atoms with van der Waals surface area (Å²) >= 11 is 3.34. The number of halogens is 1. The molecular weight excluding hydrogens is 282 g/mol. The number of rotatable bonds is 2. The molecule has 2 N–H and O–H groups in total. The van der Waals surface area contributed by atoms with E-state index >= 15 is 0 Å². The highest BCUT2D eigenvalue weighted by atomic mass is 79.9. The van der Waals surface area contributed by atoms with Gasteiger partial charge in [0.15, 0.2) is 0 Å². The molecule has 1 unspecified atom stereocenters. The number of ether oxygens (including phenoxy) is 1. The van der Waals surface area contributed by atoms with Gasteiger partial charge in [-0.25, -0.2) is 4.79 Å². The maximum Gasteiger partial charge on any atom is 0.331 e. The van der Waals surface area contributed by atoms with Crippen molar-refractivity contribution in [2.24, 2.45) is 5.73 Å². The topological polar surface area (TPSA) is 52.3 Å². The summed E-state index contributed by atoms with van der Waals surface area (Å²) in [6, 6.07) is 7.33. The van der Waals surface area contributed by atoms with Crippen molar-refractivity contribution in [1.29, 1.82) is 0 Å². The molecular formula is C13H18BrNO2. The molecule has 0 heterocycles. The van der Waals surface area contributed by atoms with Crippen LogP contribution in [0.5, 0.6) is 0 Å². The molecule has 0 radical (unpaired) electrons. The summed E-state index contributed by atoms with van der Waals surface area (Å²) in [7, 11) is 0. The van der Waals surface area contributed by atoms with Gasteiger partial charge in [0.25, 0.3) is 0 Å². The zero-order valence-corrected chi connectivity index (χ0v) is 12.2. The van der Waals surface area contributed by atoms with Gasteiger partial charge in [-0.1, -0.05) is 28.1 Å². The quantitative estimate of drug-likeness (QED) is 0.854. The fourth-order valence-electron chi connectivity index (χ4n) is 1.30. The predicted molar refractivity (Wildman–Crippen MR) is 71.5 cm³/mol. The minimum absolute atomic E-state index is 0.424. The number of carbonyl (C=O) groups is 1. The molecule has 4 heteroatoms. The summed E-state index contributed by atoms with van der Waals surface area (Å²) in [5.74, 6) is -0.424. The summed E-state index contributed by atoms with van der Waals surface area (Å²) in [6.45, 7) is 7.12. The van der Waals surface area contributed by atoms with Gasteiger partial charge in [0.05, 0.1) is 0 Å². The van der Waals surface area contributed by atoms with Crippen molar-refractivity contribution in [1.82, 2.24) is 0 Å². The smallest absolute Gasteiger partial charge is 0.331 e. The highest BCUT2D eigenvalue weighted by Gasteiger charge is 2.34. The number of esters is 1. The van der Waals surface area contributed by atoms with E-state index in [1.807, 2.05) is 45.0 Å². The van der Waals surface area contributed by atoms with Crippen LogP contribution in [0.1, 0.15) is 33.3 Å². The number of carbonyl (C=O) groups excluding carboxylic acids is 1. The monoisotopic (exact) mass is 299 g/mol. The Balaban J connectivity index is 2.94. The van der Waals surface area contributed by atoms with Gasteiger partial charge < -0.3 is 10.5 Å². The average molecular weight is 300 g/mol. The Morgan fingerprint density at radius 1 is 1.18 bits per heavy atom. The van der Waals surface area contributed by atoms with Gasteiger partial charge in [-0.15, -0.1) is 0 Å². The van der Waals surface area contributed by atoms with Gasteiger partial charge >= 0.3 is 5.97 Å². The molecule has 17 heavy (non-hydrogen) atoms. The van der Waals surface area contributed by atoms with E-state index in [9.17, 15) is 4.79 Å². The second kappa shape index (κ2) is 4.78. The maximum atomic E-state index is 12.0. The molecule has 0 saturated carbocycles. The lowest BCUT2D eigenvalue weighted by Gasteiger charge is -2.28. The van der Waals surface area contributed by atoms with Crippen LogP contribution < -0.4 is 5.73 Å². The summed E-state index contributed by atoms with van der Waals surface area (Å²) < 4.78 is 6.26. The van der Waals surface area contributed by atoms with Crippen LogP contribution in [-0.2, 0) is 15.1 Å². The number of nitrogens with two attached hydrogens (primary N) is 1. The minimum atomic E-state index is -1.13. The Bertz CT molecular complexity index is 404. The lowest BCUT2D eigenvalue weighted by Crippen LogP contribution is -2.45. The van der Waals surface area contributed by atoms with Crippen molar-refractivity contribution in [3.63, 3.8) is 0 Å². The lowest BCUT2D eigenvalue weighted by molar-refractivity contribution is -0.161. The summed E-state index contributed by atoms with van der Waals surface area (Å²) in [4.78, 5) is 12.0. The maximum absolute atomic E-state index is 12.0. The molecule has 0 spiro atoms. The Kier molecular flexibility index (Phi) is 3.99. The molecule has 0 aliphatic rings. The normalized spacial score (nSPS) is 15.2. The van der Waals surface area contributed by atoms with E-state index in [0.717, 1.165) is 10.0 Å². The largest absolute Gasteiger partial charge is 0.458 e. The van der Waals surface area contributed by atoms with Gasteiger partial charge in [-0.2, -0.15) is 0 Å². The second-order valence-electron chi connectivity index (χ2n) is 5.21. The highest BCUT2D eigenvalue weighted by Crippen LogP contribution is 2.23. The molecule has 3 nitrogen and oxygen atoms in total. The molecule has 0 bridgehead atoms. The van der Waals surface area contributed by atoms with Crippen LogP contribution in [0.4, 0.5) is 0 Å². The van der Waals surface area contributed by atoms with Crippen LogP contribution in [0.15, 0.2) is 28.7 Å². The minimum Gasteiger partial charge on any atom is -0.458 e. The van der Waals surface area contributed by atoms with E-state index in [0.29, 0.717) is 0 Å². The van der Waals surface area contributed by atoms with E-state index in [1.165, 1.54) is 0 Å². The third kappa shape index (κ3) is 3.82. The van der Waals surface area contributed by atoms with Crippen LogP contribution in [0.3, 0.4) is 0 Å². The Morgan fingerprint density at radius 2 is 1.65 bits per heavy atom. The molecule has 1 aromatic rings. The fourth-order valence-corrected chi connectivity index (χ4v) is 1.56. The Hall–Kier alpha value is -0.870. The van der Waals surface area contributed by atoms with Gasteiger partial charge in [0.2, 0.25) is 0 Å². The zero-order valence-electron chi connectivity index (χ0n) is 10.6. The molecule has 0 amide bonds. The first kappa shape index (κ1) is 14.2. The first-order valence-electron chi connectivity index (χ1n) is 5.41. The van der Waals surface area contributed by atoms with E-state index in [2.05, 4.69) is 15.9 Å². The van der Waals surface area contributed by atoms with Crippen LogP contribution in [0, 0.1) is 0 Å². The van der Waals surface area contributed by atoms with Crippen molar-refractivity contribution in [2.45, 2.75) is 38.8 Å². The van der Waals surface area contributed by atoms with Crippen LogP contribution in [0.2, 0.25) is 0 Å². The summed E-state index contributed by atoms with van der Waals surface area (Å²) in [6.07, 6.45) is 0. The number of hydrogen-bond acceptors (Lipinski definition) is 3. The third-order valence-corrected chi connectivity index (χ3v) is 2.80. The Labute approximate surface area is 110 Å². The molecule has 0 aliphatic carbocycles. The van der Waals surface area contributed by atoms with Crippen molar-refractivity contribution in [2.75, 3.05) is 0 Å². The molecule has 0 aromatic heterocycles. The van der Waals surface area contributed by atoms with E-state index in [1.54, 1.807) is 6.92 Å². The molecule has 1 atom stereocenters. The first-order chi connectivity index (χ1) is 7.63. The fraction of sp³-hybridized carbons (Fsp3) is 0.462. The summed E-state index contributed by atoms with van der Waals surface area (Å²) in [5.41, 5.74) is 5.11. The van der Waals surface area contributed by atoms with Gasteiger partial charge in [0.1, 0.15) is 11.1 Å². The molecule has 1 aromatic carbocycles. The SMILES string of the molecule is CC(C)(C)OC(=O)C(C)(N)c1ccc(Br)cc1. The molecule has 1 rings (SSSR count). The Morgan fingerprint density at radius 3 is 2.06 bits per heavy atom. The predicted octanol–water partition coefficient (Wildman–Crippen LogP) is 2.96. The van der Waals surface area contributed by atoms with E-state index in [4.69, 9.17) is 10.5 Å². The van der Waals surface area contributed by atoms with Crippen molar-refractivity contribution in [3.8, 4) is 0 Å². The molecule has 0 saturated heterocycles. The second-order valence-corrected chi connectivity index (χ2v) is 6.13. The van der Waals surface area contributed by atoms with Gasteiger partial charge in [-0.3, -0.25) is 0 Å². The van der Waals surface area contributed by atoms with Crippen molar-refractivity contribution >= 4 is 21.9 Å². The number of hydrogen-bond donors (Lipinski definition) is 1. The lowest BCUT2D eigenvalue weighted by atomic mass is 9.93. The van der Waals surface area contributed by atoms with Crippen molar-refractivity contribution in [3.05, 3.63) is 34.3 Å². The standard InChI is InChI=1S/C13H18BrNO2/c1-12(2,3)17-11(16)13(4,15)9-5-7-10(14)8-6-9/h5-8H,15H2,1-4H3. The molecule has 0 fully saturated rings. The summed E-state index contributed by atoms with van der Waals surface area (Å²) in [5, 5.41) is 0. The van der Waals surface area contributed by atoms with E-state index in [-0.39, 0.29) is 0 Å². The zero-order chi connectivity index (χ0) is 13.3. The number of benzene rings is 1. The average Bonchev–Trinajstić information content (AvgIpc) is 2.15.